The highest BCUT2D eigenvalue weighted by molar-refractivity contribution is 7.17. The molecule has 4 aromatic rings. The lowest BCUT2D eigenvalue weighted by Crippen LogP contribution is -2.25. The second kappa shape index (κ2) is 8.39. The molecule has 0 fully saturated rings. The number of carbonyl (C=O) groups is 1. The topological polar surface area (TPSA) is 94.6 Å². The Morgan fingerprint density at radius 1 is 1.29 bits per heavy atom. The number of fused-ring (bicyclic) bond motifs is 1. The number of thiophene rings is 1. The number of aryl methyl sites for hydroxylation is 2. The summed E-state index contributed by atoms with van der Waals surface area (Å²) in [6.45, 7) is 4.11. The maximum atomic E-state index is 13.6. The second-order valence-electron chi connectivity index (χ2n) is 7.25. The summed E-state index contributed by atoms with van der Waals surface area (Å²) in [4.78, 5) is 30.2. The highest BCUT2D eigenvalue weighted by Gasteiger charge is 2.19. The predicted molar refractivity (Wildman–Crippen MR) is 119 cm³/mol. The van der Waals surface area contributed by atoms with Crippen molar-refractivity contribution in [3.8, 4) is 16.9 Å². The Kier molecular flexibility index (Phi) is 5.65. The summed E-state index contributed by atoms with van der Waals surface area (Å²) in [5.74, 6) is 0.550. The van der Waals surface area contributed by atoms with Crippen molar-refractivity contribution in [1.82, 2.24) is 9.55 Å². The fourth-order valence-corrected chi connectivity index (χ4v) is 4.59. The number of ether oxygens (including phenoxy) is 1. The number of methoxy groups -OCH3 is 1. The van der Waals surface area contributed by atoms with Crippen LogP contribution in [0.4, 0.5) is 0 Å². The molecule has 0 bridgehead atoms. The Morgan fingerprint density at radius 2 is 2.10 bits per heavy atom. The molecule has 1 N–H and O–H groups in total. The monoisotopic (exact) mass is 438 g/mol. The summed E-state index contributed by atoms with van der Waals surface area (Å²) < 4.78 is 12.3. The highest BCUT2D eigenvalue weighted by atomic mass is 32.1. The van der Waals surface area contributed by atoms with Gasteiger partial charge in [-0.25, -0.2) is 9.78 Å². The number of aromatic carboxylic acids is 1. The number of carboxylic acid groups (broad SMARTS) is 1. The molecule has 7 nitrogen and oxygen atoms in total. The van der Waals surface area contributed by atoms with Gasteiger partial charge < -0.3 is 14.3 Å². The van der Waals surface area contributed by atoms with Gasteiger partial charge in [-0.05, 0) is 48.7 Å². The lowest BCUT2D eigenvalue weighted by atomic mass is 10.0. The van der Waals surface area contributed by atoms with E-state index in [-0.39, 0.29) is 17.9 Å². The molecule has 1 aromatic carbocycles. The average molecular weight is 439 g/mol. The normalized spacial score (nSPS) is 11.2. The molecule has 4 rings (SSSR count). The van der Waals surface area contributed by atoms with Crippen molar-refractivity contribution in [3.63, 3.8) is 0 Å². The van der Waals surface area contributed by atoms with Crippen molar-refractivity contribution < 1.29 is 19.1 Å². The first kappa shape index (κ1) is 20.9. The molecular weight excluding hydrogens is 416 g/mol. The van der Waals surface area contributed by atoms with E-state index < -0.39 is 5.97 Å². The molecular formula is C23H22N2O5S. The number of furan rings is 1. The van der Waals surface area contributed by atoms with Crippen LogP contribution in [0.3, 0.4) is 0 Å². The van der Waals surface area contributed by atoms with E-state index in [0.29, 0.717) is 28.2 Å². The third kappa shape index (κ3) is 3.86. The zero-order valence-corrected chi connectivity index (χ0v) is 18.3. The SMILES string of the molecule is CCCc1nc2scc(-c3ccc(OC)c(C)c3)c2c(=O)n1Cc1ccc(C(=O)O)o1. The van der Waals surface area contributed by atoms with E-state index in [9.17, 15) is 9.59 Å². The lowest BCUT2D eigenvalue weighted by molar-refractivity contribution is 0.0660. The van der Waals surface area contributed by atoms with Crippen molar-refractivity contribution in [1.29, 1.82) is 0 Å². The Bertz CT molecular complexity index is 1330. The smallest absolute Gasteiger partial charge is 0.371 e. The Hall–Kier alpha value is -3.39. The Morgan fingerprint density at radius 3 is 2.74 bits per heavy atom. The quantitative estimate of drug-likeness (QED) is 0.448. The third-order valence-electron chi connectivity index (χ3n) is 5.14. The summed E-state index contributed by atoms with van der Waals surface area (Å²) in [6, 6.07) is 8.79. The van der Waals surface area contributed by atoms with Crippen molar-refractivity contribution in [2.75, 3.05) is 7.11 Å². The van der Waals surface area contributed by atoms with Crippen molar-refractivity contribution in [2.24, 2.45) is 0 Å². The van der Waals surface area contributed by atoms with Crippen LogP contribution in [-0.4, -0.2) is 27.7 Å². The zero-order valence-electron chi connectivity index (χ0n) is 17.5. The molecule has 0 aliphatic heterocycles. The summed E-state index contributed by atoms with van der Waals surface area (Å²) in [5, 5.41) is 11.6. The van der Waals surface area contributed by atoms with Crippen LogP contribution in [0, 0.1) is 6.92 Å². The largest absolute Gasteiger partial charge is 0.496 e. The van der Waals surface area contributed by atoms with Crippen LogP contribution in [0.2, 0.25) is 0 Å². The average Bonchev–Trinajstić information content (AvgIpc) is 3.38. The van der Waals surface area contributed by atoms with E-state index in [0.717, 1.165) is 28.9 Å². The number of nitrogens with zero attached hydrogens (tertiary/aromatic N) is 2. The molecule has 0 saturated heterocycles. The number of aromatic nitrogens is 2. The Balaban J connectivity index is 1.86. The van der Waals surface area contributed by atoms with Gasteiger partial charge in [0.1, 0.15) is 22.2 Å². The maximum Gasteiger partial charge on any atom is 0.371 e. The minimum absolute atomic E-state index is 0.126. The maximum absolute atomic E-state index is 13.6. The molecule has 0 amide bonds. The predicted octanol–water partition coefficient (Wildman–Crippen LogP) is 4.73. The van der Waals surface area contributed by atoms with Gasteiger partial charge in [-0.2, -0.15) is 0 Å². The van der Waals surface area contributed by atoms with Gasteiger partial charge in [0.2, 0.25) is 5.76 Å². The van der Waals surface area contributed by atoms with Crippen molar-refractivity contribution in [3.05, 3.63) is 69.0 Å². The standard InChI is InChI=1S/C23H22N2O5S/c1-4-5-19-24-21-20(16(12-31-21)14-6-8-17(29-3)13(2)10-14)22(26)25(19)11-15-7-9-18(30-15)23(27)28/h6-10,12H,4-5,11H2,1-3H3,(H,27,28). The molecule has 0 aliphatic carbocycles. The molecule has 160 valence electrons. The van der Waals surface area contributed by atoms with Crippen molar-refractivity contribution >= 4 is 27.5 Å². The lowest BCUT2D eigenvalue weighted by Gasteiger charge is -2.12. The third-order valence-corrected chi connectivity index (χ3v) is 6.01. The van der Waals surface area contributed by atoms with E-state index in [1.54, 1.807) is 17.7 Å². The number of carboxylic acids is 1. The van der Waals surface area contributed by atoms with Crippen LogP contribution < -0.4 is 10.3 Å². The van der Waals surface area contributed by atoms with Gasteiger partial charge in [0.15, 0.2) is 0 Å². The van der Waals surface area contributed by atoms with Crippen LogP contribution in [0.1, 0.15) is 41.0 Å². The first-order valence-corrected chi connectivity index (χ1v) is 10.8. The minimum atomic E-state index is -1.14. The van der Waals surface area contributed by atoms with Gasteiger partial charge >= 0.3 is 5.97 Å². The first-order valence-electron chi connectivity index (χ1n) is 9.90. The van der Waals surface area contributed by atoms with Crippen LogP contribution >= 0.6 is 11.3 Å². The summed E-state index contributed by atoms with van der Waals surface area (Å²) in [6.07, 6.45) is 1.46. The minimum Gasteiger partial charge on any atom is -0.496 e. The summed E-state index contributed by atoms with van der Waals surface area (Å²) in [7, 11) is 1.63. The van der Waals surface area contributed by atoms with E-state index in [1.165, 1.54) is 17.4 Å². The molecule has 0 unspecified atom stereocenters. The molecule has 0 spiro atoms. The van der Waals surface area contributed by atoms with Gasteiger partial charge in [-0.15, -0.1) is 11.3 Å². The number of hydrogen-bond acceptors (Lipinski definition) is 6. The summed E-state index contributed by atoms with van der Waals surface area (Å²) >= 11 is 1.44. The van der Waals surface area contributed by atoms with Gasteiger partial charge in [0.25, 0.3) is 5.56 Å². The van der Waals surface area contributed by atoms with Crippen LogP contribution in [0.5, 0.6) is 5.75 Å². The van der Waals surface area contributed by atoms with Crippen molar-refractivity contribution in [2.45, 2.75) is 33.2 Å². The van der Waals surface area contributed by atoms with Crippen LogP contribution in [-0.2, 0) is 13.0 Å². The fourth-order valence-electron chi connectivity index (χ4n) is 3.64. The number of hydrogen-bond donors (Lipinski definition) is 1. The van der Waals surface area contributed by atoms with Crippen LogP contribution in [0.25, 0.3) is 21.3 Å². The molecule has 31 heavy (non-hydrogen) atoms. The fraction of sp³-hybridized carbons (Fsp3) is 0.261. The number of rotatable bonds is 7. The van der Waals surface area contributed by atoms with E-state index in [1.807, 2.05) is 37.4 Å². The molecule has 0 saturated carbocycles. The molecule has 8 heteroatoms. The van der Waals surface area contributed by atoms with Gasteiger partial charge in [-0.1, -0.05) is 13.0 Å². The molecule has 0 atom stereocenters. The molecule has 0 aliphatic rings. The van der Waals surface area contributed by atoms with E-state index >= 15 is 0 Å². The molecule has 0 radical (unpaired) electrons. The summed E-state index contributed by atoms with van der Waals surface area (Å²) in [5.41, 5.74) is 2.56. The molecule has 3 aromatic heterocycles. The van der Waals surface area contributed by atoms with Crippen LogP contribution in [0.15, 0.2) is 44.9 Å². The van der Waals surface area contributed by atoms with Gasteiger partial charge in [-0.3, -0.25) is 9.36 Å². The van der Waals surface area contributed by atoms with E-state index in [4.69, 9.17) is 19.2 Å². The second-order valence-corrected chi connectivity index (χ2v) is 8.11. The number of benzene rings is 1. The zero-order chi connectivity index (χ0) is 22.1. The Labute approximate surface area is 182 Å². The highest BCUT2D eigenvalue weighted by Crippen LogP contribution is 2.33. The van der Waals surface area contributed by atoms with Gasteiger partial charge in [0.05, 0.1) is 19.0 Å². The van der Waals surface area contributed by atoms with E-state index in [2.05, 4.69) is 0 Å². The first-order chi connectivity index (χ1) is 14.9. The molecule has 3 heterocycles. The van der Waals surface area contributed by atoms with Gasteiger partial charge in [0, 0.05) is 17.4 Å².